The van der Waals surface area contributed by atoms with Crippen LogP contribution in [0.25, 0.3) is 0 Å². The maximum Gasteiger partial charge on any atom is 0.123 e. The van der Waals surface area contributed by atoms with Gasteiger partial charge in [0.2, 0.25) is 0 Å². The molecule has 1 aliphatic carbocycles. The third-order valence-corrected chi connectivity index (χ3v) is 3.85. The molecule has 2 rings (SSSR count). The second kappa shape index (κ2) is 6.30. The Kier molecular flexibility index (Phi) is 4.72. The average molecular weight is 251 g/mol. The molecule has 0 aliphatic heterocycles. The van der Waals surface area contributed by atoms with Crippen molar-refractivity contribution in [3.8, 4) is 0 Å². The molecule has 0 unspecified atom stereocenters. The Morgan fingerprint density at radius 3 is 2.22 bits per heavy atom. The fourth-order valence-corrected chi connectivity index (χ4v) is 2.60. The largest absolute Gasteiger partial charge is 0.369 e. The zero-order valence-corrected chi connectivity index (χ0v) is 10.8. The summed E-state index contributed by atoms with van der Waals surface area (Å²) in [7, 11) is 0. The van der Waals surface area contributed by atoms with E-state index in [9.17, 15) is 4.39 Å². The predicted octanol–water partition coefficient (Wildman–Crippen LogP) is 3.39. The molecule has 0 atom stereocenters. The fraction of sp³-hybridized carbons (Fsp3) is 0.600. The third kappa shape index (κ3) is 3.53. The maximum absolute atomic E-state index is 12.8. The highest BCUT2D eigenvalue weighted by molar-refractivity contribution is 5.15. The lowest BCUT2D eigenvalue weighted by Crippen LogP contribution is -2.40. The zero-order valence-electron chi connectivity index (χ0n) is 10.8. The summed E-state index contributed by atoms with van der Waals surface area (Å²) in [4.78, 5) is 0. The number of hydrogen-bond donors (Lipinski definition) is 1. The highest BCUT2D eigenvalue weighted by Gasteiger charge is 2.30. The van der Waals surface area contributed by atoms with E-state index in [1.165, 1.54) is 37.8 Å². The first kappa shape index (κ1) is 13.5. The molecule has 2 N–H and O–H groups in total. The molecule has 0 radical (unpaired) electrons. The molecule has 1 aliphatic rings. The second-order valence-electron chi connectivity index (χ2n) is 5.22. The molecule has 18 heavy (non-hydrogen) atoms. The SMILES string of the molecule is NCC1(OCc2ccc(F)cc2)CCCCCC1. The number of hydrogen-bond acceptors (Lipinski definition) is 2. The summed E-state index contributed by atoms with van der Waals surface area (Å²) < 4.78 is 18.9. The molecule has 1 saturated carbocycles. The monoisotopic (exact) mass is 251 g/mol. The van der Waals surface area contributed by atoms with E-state index in [0.717, 1.165) is 18.4 Å². The zero-order chi connectivity index (χ0) is 12.8. The van der Waals surface area contributed by atoms with Gasteiger partial charge < -0.3 is 10.5 Å². The Morgan fingerprint density at radius 1 is 1.06 bits per heavy atom. The van der Waals surface area contributed by atoms with Crippen LogP contribution in [0.3, 0.4) is 0 Å². The first-order valence-electron chi connectivity index (χ1n) is 6.83. The third-order valence-electron chi connectivity index (χ3n) is 3.85. The Balaban J connectivity index is 1.95. The lowest BCUT2D eigenvalue weighted by atomic mass is 9.94. The minimum Gasteiger partial charge on any atom is -0.369 e. The molecule has 1 aromatic carbocycles. The summed E-state index contributed by atoms with van der Waals surface area (Å²) in [6.45, 7) is 1.10. The fourth-order valence-electron chi connectivity index (χ4n) is 2.60. The normalized spacial score (nSPS) is 19.4. The number of nitrogens with two attached hydrogens (primary N) is 1. The van der Waals surface area contributed by atoms with Gasteiger partial charge in [-0.2, -0.15) is 0 Å². The first-order chi connectivity index (χ1) is 8.74. The molecule has 100 valence electrons. The Bertz CT molecular complexity index is 355. The van der Waals surface area contributed by atoms with Crippen LogP contribution in [0.1, 0.15) is 44.1 Å². The number of benzene rings is 1. The van der Waals surface area contributed by atoms with Gasteiger partial charge >= 0.3 is 0 Å². The summed E-state index contributed by atoms with van der Waals surface area (Å²) in [5, 5.41) is 0. The molecule has 0 bridgehead atoms. The van der Waals surface area contributed by atoms with Crippen molar-refractivity contribution in [1.82, 2.24) is 0 Å². The molecule has 2 nitrogen and oxygen atoms in total. The standard InChI is InChI=1S/C15H22FNO/c16-14-7-5-13(6-8-14)11-18-15(12-17)9-3-1-2-4-10-15/h5-8H,1-4,9-12,17H2. The highest BCUT2D eigenvalue weighted by Crippen LogP contribution is 2.30. The minimum absolute atomic E-state index is 0.162. The van der Waals surface area contributed by atoms with Gasteiger partial charge in [0, 0.05) is 6.54 Å². The van der Waals surface area contributed by atoms with Gasteiger partial charge in [-0.25, -0.2) is 4.39 Å². The van der Waals surface area contributed by atoms with Crippen LogP contribution in [0.5, 0.6) is 0 Å². The number of ether oxygens (including phenoxy) is 1. The van der Waals surface area contributed by atoms with Gasteiger partial charge in [-0.05, 0) is 30.5 Å². The smallest absolute Gasteiger partial charge is 0.123 e. The van der Waals surface area contributed by atoms with E-state index in [2.05, 4.69) is 0 Å². The van der Waals surface area contributed by atoms with Gasteiger partial charge in [0.25, 0.3) is 0 Å². The second-order valence-corrected chi connectivity index (χ2v) is 5.22. The van der Waals surface area contributed by atoms with Crippen LogP contribution in [-0.2, 0) is 11.3 Å². The minimum atomic E-state index is -0.207. The van der Waals surface area contributed by atoms with Crippen LogP contribution in [0.15, 0.2) is 24.3 Å². The van der Waals surface area contributed by atoms with Gasteiger partial charge in [0.05, 0.1) is 12.2 Å². The van der Waals surface area contributed by atoms with E-state index >= 15 is 0 Å². The molecule has 0 spiro atoms. The summed E-state index contributed by atoms with van der Waals surface area (Å²) in [5.74, 6) is -0.207. The molecule has 1 aromatic rings. The molecule has 0 amide bonds. The Morgan fingerprint density at radius 2 is 1.67 bits per heavy atom. The van der Waals surface area contributed by atoms with E-state index in [4.69, 9.17) is 10.5 Å². The predicted molar refractivity (Wildman–Crippen MR) is 70.7 cm³/mol. The van der Waals surface area contributed by atoms with E-state index in [1.54, 1.807) is 12.1 Å². The van der Waals surface area contributed by atoms with Crippen molar-refractivity contribution in [2.75, 3.05) is 6.54 Å². The van der Waals surface area contributed by atoms with Crippen LogP contribution >= 0.6 is 0 Å². The molecule has 3 heteroatoms. The average Bonchev–Trinajstić information content (AvgIpc) is 2.64. The van der Waals surface area contributed by atoms with Crippen molar-refractivity contribution in [2.24, 2.45) is 5.73 Å². The van der Waals surface area contributed by atoms with Gasteiger partial charge in [0.1, 0.15) is 5.82 Å². The van der Waals surface area contributed by atoms with Crippen molar-refractivity contribution in [1.29, 1.82) is 0 Å². The van der Waals surface area contributed by atoms with Crippen molar-refractivity contribution in [2.45, 2.75) is 50.7 Å². The lowest BCUT2D eigenvalue weighted by Gasteiger charge is -2.31. The molecule has 0 saturated heterocycles. The summed E-state index contributed by atoms with van der Waals surface area (Å²) in [6, 6.07) is 6.49. The van der Waals surface area contributed by atoms with Gasteiger partial charge in [-0.3, -0.25) is 0 Å². The first-order valence-corrected chi connectivity index (χ1v) is 6.83. The van der Waals surface area contributed by atoms with E-state index in [1.807, 2.05) is 0 Å². The molecular weight excluding hydrogens is 229 g/mol. The van der Waals surface area contributed by atoms with Crippen LogP contribution < -0.4 is 5.73 Å². The summed E-state index contributed by atoms with van der Waals surface area (Å²) >= 11 is 0. The molecule has 0 aromatic heterocycles. The van der Waals surface area contributed by atoms with E-state index in [-0.39, 0.29) is 11.4 Å². The molecular formula is C15H22FNO. The molecule has 1 fully saturated rings. The molecule has 0 heterocycles. The van der Waals surface area contributed by atoms with Crippen molar-refractivity contribution < 1.29 is 9.13 Å². The van der Waals surface area contributed by atoms with Crippen LogP contribution in [-0.4, -0.2) is 12.1 Å². The quantitative estimate of drug-likeness (QED) is 0.832. The highest BCUT2D eigenvalue weighted by atomic mass is 19.1. The number of halogens is 1. The lowest BCUT2D eigenvalue weighted by molar-refractivity contribution is -0.0602. The van der Waals surface area contributed by atoms with Gasteiger partial charge in [-0.1, -0.05) is 37.8 Å². The number of rotatable bonds is 4. The van der Waals surface area contributed by atoms with Gasteiger partial charge in [-0.15, -0.1) is 0 Å². The van der Waals surface area contributed by atoms with Crippen LogP contribution in [0, 0.1) is 5.82 Å². The summed E-state index contributed by atoms with van der Waals surface area (Å²) in [5.41, 5.74) is 6.76. The van der Waals surface area contributed by atoms with Gasteiger partial charge in [0.15, 0.2) is 0 Å². The van der Waals surface area contributed by atoms with Crippen LogP contribution in [0.2, 0.25) is 0 Å². The summed E-state index contributed by atoms with van der Waals surface area (Å²) in [6.07, 6.45) is 7.04. The Labute approximate surface area is 108 Å². The maximum atomic E-state index is 12.8. The van der Waals surface area contributed by atoms with Crippen molar-refractivity contribution in [3.63, 3.8) is 0 Å². The van der Waals surface area contributed by atoms with Crippen molar-refractivity contribution in [3.05, 3.63) is 35.6 Å². The van der Waals surface area contributed by atoms with Crippen LogP contribution in [0.4, 0.5) is 4.39 Å². The van der Waals surface area contributed by atoms with Crippen molar-refractivity contribution >= 4 is 0 Å². The van der Waals surface area contributed by atoms with E-state index in [0.29, 0.717) is 13.2 Å². The Hall–Kier alpha value is -0.930. The topological polar surface area (TPSA) is 35.2 Å². The van der Waals surface area contributed by atoms with E-state index < -0.39 is 0 Å².